The molecule has 27 heavy (non-hydrogen) atoms. The summed E-state index contributed by atoms with van der Waals surface area (Å²) in [5.41, 5.74) is 0.495. The zero-order valence-electron chi connectivity index (χ0n) is 14.8. The van der Waals surface area contributed by atoms with Crippen LogP contribution in [0.4, 0.5) is 4.39 Å². The monoisotopic (exact) mass is 373 g/mol. The quantitative estimate of drug-likeness (QED) is 0.402. The van der Waals surface area contributed by atoms with Gasteiger partial charge in [-0.1, -0.05) is 22.4 Å². The first-order valence-corrected chi connectivity index (χ1v) is 7.74. The number of halogens is 1. The molecule has 0 aliphatic carbocycles. The molecule has 3 rings (SSSR count). The number of ether oxygens (including phenoxy) is 3. The first-order valence-electron chi connectivity index (χ1n) is 7.74. The molecule has 0 fully saturated rings. The van der Waals surface area contributed by atoms with Crippen LogP contribution in [0.5, 0.6) is 17.2 Å². The van der Waals surface area contributed by atoms with E-state index in [0.717, 1.165) is 0 Å². The zero-order chi connectivity index (χ0) is 19.4. The molecule has 0 aliphatic heterocycles. The third kappa shape index (κ3) is 3.39. The van der Waals surface area contributed by atoms with Crippen molar-refractivity contribution in [1.82, 2.24) is 10.1 Å². The Morgan fingerprint density at radius 1 is 1.07 bits per heavy atom. The summed E-state index contributed by atoms with van der Waals surface area (Å²) in [7, 11) is 4.39. The molecule has 3 aromatic rings. The van der Waals surface area contributed by atoms with Crippen LogP contribution in [-0.2, 0) is 0 Å². The molecule has 2 aromatic carbocycles. The maximum atomic E-state index is 13.9. The van der Waals surface area contributed by atoms with Gasteiger partial charge in [-0.2, -0.15) is 4.98 Å². The molecule has 0 radical (unpaired) electrons. The van der Waals surface area contributed by atoms with Crippen LogP contribution in [0.3, 0.4) is 0 Å². The van der Waals surface area contributed by atoms with Gasteiger partial charge < -0.3 is 23.9 Å². The number of methoxy groups -OCH3 is 3. The molecule has 0 saturated carbocycles. The highest BCUT2D eigenvalue weighted by Crippen LogP contribution is 2.38. The molecule has 0 bridgehead atoms. The Morgan fingerprint density at radius 2 is 1.74 bits per heavy atom. The highest BCUT2D eigenvalue weighted by molar-refractivity contribution is 6.10. The van der Waals surface area contributed by atoms with E-state index >= 15 is 0 Å². The lowest BCUT2D eigenvalue weighted by Gasteiger charge is -2.13. The Hall–Kier alpha value is -3.62. The number of aromatic nitrogens is 2. The zero-order valence-corrected chi connectivity index (χ0v) is 14.8. The van der Waals surface area contributed by atoms with Gasteiger partial charge in [-0.05, 0) is 24.3 Å². The first kappa shape index (κ1) is 18.2. The van der Waals surface area contributed by atoms with E-state index in [2.05, 4.69) is 15.3 Å². The number of benzene rings is 2. The smallest absolute Gasteiger partial charge is 0.280 e. The second kappa shape index (κ2) is 7.73. The molecular formula is C18H16FN3O5. The second-order valence-corrected chi connectivity index (χ2v) is 5.27. The fourth-order valence-electron chi connectivity index (χ4n) is 2.51. The number of oxime groups is 1. The molecule has 0 unspecified atom stereocenters. The average Bonchev–Trinajstić information content (AvgIpc) is 3.17. The van der Waals surface area contributed by atoms with Crippen LogP contribution in [0.1, 0.15) is 11.5 Å². The van der Waals surface area contributed by atoms with Crippen LogP contribution >= 0.6 is 0 Å². The van der Waals surface area contributed by atoms with Crippen molar-refractivity contribution in [2.24, 2.45) is 5.16 Å². The van der Waals surface area contributed by atoms with Crippen molar-refractivity contribution < 1.29 is 28.3 Å². The van der Waals surface area contributed by atoms with Gasteiger partial charge in [0.25, 0.3) is 5.89 Å². The topological polar surface area (TPSA) is 99.2 Å². The minimum Gasteiger partial charge on any atom is -0.493 e. The molecule has 140 valence electrons. The van der Waals surface area contributed by atoms with Crippen LogP contribution in [0.15, 0.2) is 46.1 Å². The molecule has 9 heteroatoms. The molecule has 1 aromatic heterocycles. The molecule has 0 amide bonds. The first-order chi connectivity index (χ1) is 13.1. The fraction of sp³-hybridized carbons (Fsp3) is 0.167. The van der Waals surface area contributed by atoms with E-state index in [1.807, 2.05) is 0 Å². The Kier molecular flexibility index (Phi) is 5.20. The van der Waals surface area contributed by atoms with E-state index < -0.39 is 5.82 Å². The average molecular weight is 373 g/mol. The normalized spacial score (nSPS) is 11.3. The lowest BCUT2D eigenvalue weighted by molar-refractivity contribution is 0.315. The molecule has 0 saturated heterocycles. The largest absolute Gasteiger partial charge is 0.493 e. The predicted octanol–water partition coefficient (Wildman–Crippen LogP) is 3.13. The van der Waals surface area contributed by atoms with Gasteiger partial charge in [-0.3, -0.25) is 0 Å². The SMILES string of the molecule is COc1cc(/C(=N/O)c2nc(-c3ccccc3F)no2)cc(OC)c1OC. The van der Waals surface area contributed by atoms with Crippen LogP contribution in [0.25, 0.3) is 11.4 Å². The van der Waals surface area contributed by atoms with E-state index in [1.54, 1.807) is 24.3 Å². The van der Waals surface area contributed by atoms with E-state index in [1.165, 1.54) is 33.5 Å². The Balaban J connectivity index is 2.06. The highest BCUT2D eigenvalue weighted by Gasteiger charge is 2.22. The summed E-state index contributed by atoms with van der Waals surface area (Å²) in [6, 6.07) is 9.11. The van der Waals surface area contributed by atoms with E-state index in [0.29, 0.717) is 22.8 Å². The minimum atomic E-state index is -0.500. The second-order valence-electron chi connectivity index (χ2n) is 5.27. The van der Waals surface area contributed by atoms with Crippen molar-refractivity contribution in [2.75, 3.05) is 21.3 Å². The summed E-state index contributed by atoms with van der Waals surface area (Å²) in [6.45, 7) is 0. The van der Waals surface area contributed by atoms with Crippen LogP contribution < -0.4 is 14.2 Å². The van der Waals surface area contributed by atoms with Crippen LogP contribution in [0.2, 0.25) is 0 Å². The third-order valence-corrected chi connectivity index (χ3v) is 3.78. The molecule has 8 nitrogen and oxygen atoms in total. The lowest BCUT2D eigenvalue weighted by Crippen LogP contribution is -2.06. The van der Waals surface area contributed by atoms with Gasteiger partial charge in [0, 0.05) is 5.56 Å². The van der Waals surface area contributed by atoms with Crippen LogP contribution in [-0.4, -0.2) is 42.4 Å². The molecular weight excluding hydrogens is 357 g/mol. The number of nitrogens with zero attached hydrogens (tertiary/aromatic N) is 3. The molecule has 0 atom stereocenters. The summed E-state index contributed by atoms with van der Waals surface area (Å²) in [5, 5.41) is 16.5. The number of hydrogen-bond donors (Lipinski definition) is 1. The third-order valence-electron chi connectivity index (χ3n) is 3.78. The Bertz CT molecular complexity index is 962. The van der Waals surface area contributed by atoms with Crippen molar-refractivity contribution in [2.45, 2.75) is 0 Å². The van der Waals surface area contributed by atoms with Gasteiger partial charge in [-0.25, -0.2) is 4.39 Å². The van der Waals surface area contributed by atoms with Gasteiger partial charge in [0.1, 0.15) is 5.82 Å². The van der Waals surface area contributed by atoms with Crippen molar-refractivity contribution in [3.8, 4) is 28.6 Å². The van der Waals surface area contributed by atoms with Gasteiger partial charge >= 0.3 is 0 Å². The van der Waals surface area contributed by atoms with E-state index in [9.17, 15) is 9.60 Å². The summed E-state index contributed by atoms with van der Waals surface area (Å²) >= 11 is 0. The Labute approximate surface area is 153 Å². The maximum absolute atomic E-state index is 13.9. The summed E-state index contributed by atoms with van der Waals surface area (Å²) in [6.07, 6.45) is 0. The van der Waals surface area contributed by atoms with Crippen molar-refractivity contribution in [1.29, 1.82) is 0 Å². The van der Waals surface area contributed by atoms with E-state index in [-0.39, 0.29) is 23.0 Å². The van der Waals surface area contributed by atoms with Crippen LogP contribution in [0, 0.1) is 5.82 Å². The fourth-order valence-corrected chi connectivity index (χ4v) is 2.51. The Morgan fingerprint density at radius 3 is 2.30 bits per heavy atom. The van der Waals surface area contributed by atoms with Gasteiger partial charge in [0.2, 0.25) is 11.6 Å². The standard InChI is InChI=1S/C18H16FN3O5/c1-24-13-8-10(9-14(25-2)16(13)26-3)15(21-23)18-20-17(22-27-18)11-6-4-5-7-12(11)19/h4-9,23H,1-3H3/b21-15-. The van der Waals surface area contributed by atoms with Gasteiger partial charge in [0.15, 0.2) is 17.2 Å². The number of rotatable bonds is 6. The van der Waals surface area contributed by atoms with E-state index in [4.69, 9.17) is 18.7 Å². The predicted molar refractivity (Wildman–Crippen MR) is 93.2 cm³/mol. The van der Waals surface area contributed by atoms with Crippen molar-refractivity contribution in [3.63, 3.8) is 0 Å². The molecule has 1 N–H and O–H groups in total. The van der Waals surface area contributed by atoms with Crippen molar-refractivity contribution in [3.05, 3.63) is 53.7 Å². The van der Waals surface area contributed by atoms with Crippen molar-refractivity contribution >= 4 is 5.71 Å². The maximum Gasteiger partial charge on any atom is 0.280 e. The lowest BCUT2D eigenvalue weighted by atomic mass is 10.1. The minimum absolute atomic E-state index is 0.0247. The molecule has 1 heterocycles. The summed E-state index contributed by atoms with van der Waals surface area (Å²) in [5.74, 6) is 0.490. The molecule has 0 aliphatic rings. The van der Waals surface area contributed by atoms with Gasteiger partial charge in [0.05, 0.1) is 26.9 Å². The summed E-state index contributed by atoms with van der Waals surface area (Å²) in [4.78, 5) is 4.12. The van der Waals surface area contributed by atoms with Gasteiger partial charge in [-0.15, -0.1) is 0 Å². The molecule has 0 spiro atoms. The number of hydrogen-bond acceptors (Lipinski definition) is 8. The summed E-state index contributed by atoms with van der Waals surface area (Å²) < 4.78 is 34.9. The highest BCUT2D eigenvalue weighted by atomic mass is 19.1.